The van der Waals surface area contributed by atoms with E-state index in [0.29, 0.717) is 23.4 Å². The third kappa shape index (κ3) is 8.78. The number of nitrogens with zero attached hydrogens (tertiary/aromatic N) is 1. The summed E-state index contributed by atoms with van der Waals surface area (Å²) in [4.78, 5) is 41.9. The van der Waals surface area contributed by atoms with Gasteiger partial charge >= 0.3 is 6.09 Å². The van der Waals surface area contributed by atoms with E-state index in [0.717, 1.165) is 11.1 Å². The van der Waals surface area contributed by atoms with Crippen molar-refractivity contribution < 1.29 is 23.9 Å². The Hall–Kier alpha value is -3.55. The summed E-state index contributed by atoms with van der Waals surface area (Å²) < 4.78 is 10.6. The van der Waals surface area contributed by atoms with Crippen LogP contribution in [0.3, 0.4) is 0 Å². The molecule has 38 heavy (non-hydrogen) atoms. The molecule has 208 valence electrons. The van der Waals surface area contributed by atoms with Gasteiger partial charge < -0.3 is 25.0 Å². The van der Waals surface area contributed by atoms with Crippen molar-refractivity contribution >= 4 is 23.6 Å². The number of carbonyl (C=O) groups is 3. The van der Waals surface area contributed by atoms with Crippen LogP contribution in [0.1, 0.15) is 70.7 Å². The number of carbonyl (C=O) groups excluding carboxylic acids is 3. The molecule has 2 unspecified atom stereocenters. The largest absolute Gasteiger partial charge is 0.497 e. The minimum absolute atomic E-state index is 0.116. The van der Waals surface area contributed by atoms with E-state index in [1.165, 1.54) is 4.90 Å². The summed E-state index contributed by atoms with van der Waals surface area (Å²) in [5.41, 5.74) is 2.66. The number of aryl methyl sites for hydroxylation is 2. The molecular formula is C30H43N3O5. The monoisotopic (exact) mass is 525 g/mol. The zero-order chi connectivity index (χ0) is 28.6. The Morgan fingerprint density at radius 2 is 1.61 bits per heavy atom. The third-order valence-electron chi connectivity index (χ3n) is 6.08. The fraction of sp³-hybridized carbons (Fsp3) is 0.500. The number of amides is 3. The van der Waals surface area contributed by atoms with Gasteiger partial charge in [0.05, 0.1) is 7.11 Å². The molecule has 2 aromatic rings. The quantitative estimate of drug-likeness (QED) is 0.410. The van der Waals surface area contributed by atoms with Gasteiger partial charge in [0.2, 0.25) is 5.91 Å². The van der Waals surface area contributed by atoms with Crippen molar-refractivity contribution in [3.05, 3.63) is 59.2 Å². The van der Waals surface area contributed by atoms with Crippen LogP contribution in [0.2, 0.25) is 0 Å². The number of rotatable bonds is 10. The van der Waals surface area contributed by atoms with Crippen molar-refractivity contribution in [2.24, 2.45) is 5.92 Å². The van der Waals surface area contributed by atoms with Crippen LogP contribution in [-0.2, 0) is 14.3 Å². The van der Waals surface area contributed by atoms with Crippen molar-refractivity contribution in [3.63, 3.8) is 0 Å². The van der Waals surface area contributed by atoms with Crippen molar-refractivity contribution in [3.8, 4) is 5.75 Å². The lowest BCUT2D eigenvalue weighted by Crippen LogP contribution is -2.52. The standard InChI is InChI=1S/C30H43N3O5/c1-10-33(28(35)25(17-19(2)3)32-29(36)38-30(6,7)8)26(22-12-11-20(4)21(5)18-22)27(34)31-23-13-15-24(37-9)16-14-23/h11-16,18-19,25-26H,10,17H2,1-9H3,(H,31,34)(H,32,36). The molecule has 3 amide bonds. The summed E-state index contributed by atoms with van der Waals surface area (Å²) in [7, 11) is 1.58. The second kappa shape index (κ2) is 13.3. The van der Waals surface area contributed by atoms with Crippen molar-refractivity contribution in [1.29, 1.82) is 0 Å². The fourth-order valence-corrected chi connectivity index (χ4v) is 4.10. The highest BCUT2D eigenvalue weighted by molar-refractivity contribution is 5.99. The maximum atomic E-state index is 14.0. The first kappa shape index (κ1) is 30.7. The Labute approximate surface area is 227 Å². The van der Waals surface area contributed by atoms with E-state index in [9.17, 15) is 14.4 Å². The molecule has 0 fully saturated rings. The normalized spacial score (nSPS) is 12.9. The molecule has 2 atom stereocenters. The van der Waals surface area contributed by atoms with Gasteiger partial charge in [-0.15, -0.1) is 0 Å². The van der Waals surface area contributed by atoms with E-state index in [-0.39, 0.29) is 24.3 Å². The predicted molar refractivity (Wildman–Crippen MR) is 150 cm³/mol. The number of nitrogens with one attached hydrogen (secondary N) is 2. The predicted octanol–water partition coefficient (Wildman–Crippen LogP) is 5.78. The highest BCUT2D eigenvalue weighted by Gasteiger charge is 2.36. The van der Waals surface area contributed by atoms with Crippen LogP contribution in [0.5, 0.6) is 5.75 Å². The highest BCUT2D eigenvalue weighted by Crippen LogP contribution is 2.27. The molecule has 2 aromatic carbocycles. The lowest BCUT2D eigenvalue weighted by atomic mass is 9.97. The minimum atomic E-state index is -0.913. The van der Waals surface area contributed by atoms with Crippen LogP contribution in [-0.4, -0.2) is 48.1 Å². The van der Waals surface area contributed by atoms with Gasteiger partial charge in [-0.3, -0.25) is 9.59 Å². The second-order valence-corrected chi connectivity index (χ2v) is 10.9. The van der Waals surface area contributed by atoms with Gasteiger partial charge in [0.1, 0.15) is 23.4 Å². The van der Waals surface area contributed by atoms with Gasteiger partial charge in [0, 0.05) is 12.2 Å². The minimum Gasteiger partial charge on any atom is -0.497 e. The van der Waals surface area contributed by atoms with E-state index in [4.69, 9.17) is 9.47 Å². The molecule has 0 aliphatic carbocycles. The molecule has 0 spiro atoms. The number of hydrogen-bond acceptors (Lipinski definition) is 5. The SMILES string of the molecule is CCN(C(=O)C(CC(C)C)NC(=O)OC(C)(C)C)C(C(=O)Nc1ccc(OC)cc1)c1ccc(C)c(C)c1. The maximum Gasteiger partial charge on any atom is 0.408 e. The van der Waals surface area contributed by atoms with Crippen LogP contribution in [0, 0.1) is 19.8 Å². The molecule has 0 bridgehead atoms. The molecule has 0 heterocycles. The Bertz CT molecular complexity index is 1110. The molecule has 0 radical (unpaired) electrons. The molecule has 2 N–H and O–H groups in total. The maximum absolute atomic E-state index is 14.0. The Kier molecular flexibility index (Phi) is 10.7. The third-order valence-corrected chi connectivity index (χ3v) is 6.08. The summed E-state index contributed by atoms with van der Waals surface area (Å²) in [5, 5.41) is 5.70. The van der Waals surface area contributed by atoms with Gasteiger partial charge in [-0.25, -0.2) is 4.79 Å². The smallest absolute Gasteiger partial charge is 0.408 e. The lowest BCUT2D eigenvalue weighted by molar-refractivity contribution is -0.140. The zero-order valence-corrected chi connectivity index (χ0v) is 24.2. The molecule has 2 rings (SSSR count). The first-order chi connectivity index (χ1) is 17.7. The van der Waals surface area contributed by atoms with Crippen molar-refractivity contribution in [2.45, 2.75) is 79.5 Å². The van der Waals surface area contributed by atoms with E-state index < -0.39 is 23.8 Å². The summed E-state index contributed by atoms with van der Waals surface area (Å²) in [5.74, 6) is 0.0870. The fourth-order valence-electron chi connectivity index (χ4n) is 4.10. The second-order valence-electron chi connectivity index (χ2n) is 10.9. The number of methoxy groups -OCH3 is 1. The first-order valence-electron chi connectivity index (χ1n) is 13.1. The molecule has 0 aliphatic rings. The van der Waals surface area contributed by atoms with Crippen LogP contribution in [0.4, 0.5) is 10.5 Å². The topological polar surface area (TPSA) is 97.0 Å². The summed E-state index contributed by atoms with van der Waals surface area (Å²) >= 11 is 0. The molecule has 0 aromatic heterocycles. The Balaban J connectivity index is 2.47. The van der Waals surface area contributed by atoms with E-state index >= 15 is 0 Å². The average Bonchev–Trinajstić information content (AvgIpc) is 2.82. The van der Waals surface area contributed by atoms with Gasteiger partial charge in [-0.1, -0.05) is 32.0 Å². The summed E-state index contributed by atoms with van der Waals surface area (Å²) in [6.45, 7) is 15.3. The van der Waals surface area contributed by atoms with Crippen LogP contribution < -0.4 is 15.4 Å². The van der Waals surface area contributed by atoms with Crippen LogP contribution in [0.15, 0.2) is 42.5 Å². The number of likely N-dealkylation sites (N-methyl/N-ethyl adjacent to an activating group) is 1. The van der Waals surface area contributed by atoms with E-state index in [2.05, 4.69) is 10.6 Å². The molecular weight excluding hydrogens is 482 g/mol. The first-order valence-corrected chi connectivity index (χ1v) is 13.1. The molecule has 0 saturated heterocycles. The van der Waals surface area contributed by atoms with Gasteiger partial charge in [-0.2, -0.15) is 0 Å². The Morgan fingerprint density at radius 1 is 0.974 bits per heavy atom. The van der Waals surface area contributed by atoms with E-state index in [1.54, 1.807) is 52.1 Å². The number of hydrogen-bond donors (Lipinski definition) is 2. The van der Waals surface area contributed by atoms with Gasteiger partial charge in [0.25, 0.3) is 5.91 Å². The molecule has 8 heteroatoms. The van der Waals surface area contributed by atoms with Gasteiger partial charge in [-0.05, 0) is 94.8 Å². The lowest BCUT2D eigenvalue weighted by Gasteiger charge is -2.34. The highest BCUT2D eigenvalue weighted by atomic mass is 16.6. The zero-order valence-electron chi connectivity index (χ0n) is 24.2. The molecule has 8 nitrogen and oxygen atoms in total. The summed E-state index contributed by atoms with van der Waals surface area (Å²) in [6.07, 6.45) is -0.271. The van der Waals surface area contributed by atoms with Crippen molar-refractivity contribution in [2.75, 3.05) is 19.0 Å². The van der Waals surface area contributed by atoms with Gasteiger partial charge in [0.15, 0.2) is 0 Å². The van der Waals surface area contributed by atoms with Crippen molar-refractivity contribution in [1.82, 2.24) is 10.2 Å². The Morgan fingerprint density at radius 3 is 2.11 bits per heavy atom. The molecule has 0 saturated carbocycles. The molecule has 0 aliphatic heterocycles. The number of ether oxygens (including phenoxy) is 2. The number of alkyl carbamates (subject to hydrolysis) is 1. The average molecular weight is 526 g/mol. The van der Waals surface area contributed by atoms with Crippen LogP contribution in [0.25, 0.3) is 0 Å². The number of benzene rings is 2. The van der Waals surface area contributed by atoms with E-state index in [1.807, 2.05) is 52.8 Å². The van der Waals surface area contributed by atoms with Crippen LogP contribution >= 0.6 is 0 Å². The summed E-state index contributed by atoms with van der Waals surface area (Å²) in [6, 6.07) is 11.0. The number of anilines is 1.